The molecule has 94 valence electrons. The monoisotopic (exact) mass is 277 g/mol. The first-order valence-corrected chi connectivity index (χ1v) is 6.39. The van der Waals surface area contributed by atoms with Crippen molar-refractivity contribution in [1.82, 2.24) is 4.98 Å². The number of carbonyl (C=O) groups excluding carboxylic acids is 1. The van der Waals surface area contributed by atoms with Gasteiger partial charge in [0.2, 0.25) is 0 Å². The summed E-state index contributed by atoms with van der Waals surface area (Å²) in [5, 5.41) is 0.534. The molecule has 1 aromatic rings. The van der Waals surface area contributed by atoms with E-state index in [1.807, 2.05) is 0 Å². The van der Waals surface area contributed by atoms with Gasteiger partial charge >= 0.3 is 5.97 Å². The van der Waals surface area contributed by atoms with Crippen LogP contribution in [0.2, 0.25) is 5.15 Å². The molecule has 17 heavy (non-hydrogen) atoms. The van der Waals surface area contributed by atoms with Crippen molar-refractivity contribution < 1.29 is 19.0 Å². The van der Waals surface area contributed by atoms with Gasteiger partial charge in [0, 0.05) is 12.8 Å². The van der Waals surface area contributed by atoms with Crippen LogP contribution in [0.3, 0.4) is 0 Å². The van der Waals surface area contributed by atoms with Crippen molar-refractivity contribution in [2.24, 2.45) is 0 Å². The van der Waals surface area contributed by atoms with Gasteiger partial charge in [-0.3, -0.25) is 0 Å². The SMILES string of the molecule is COC(=O)c1sc(OC2CCOCC2)nc1Cl. The molecule has 1 aliphatic rings. The van der Waals surface area contributed by atoms with Crippen LogP contribution in [0.4, 0.5) is 0 Å². The number of aromatic nitrogens is 1. The fourth-order valence-electron chi connectivity index (χ4n) is 1.49. The first-order valence-electron chi connectivity index (χ1n) is 5.19. The molecule has 0 aromatic carbocycles. The summed E-state index contributed by atoms with van der Waals surface area (Å²) < 4.78 is 15.5. The summed E-state index contributed by atoms with van der Waals surface area (Å²) in [6.45, 7) is 1.38. The third kappa shape index (κ3) is 3.08. The van der Waals surface area contributed by atoms with Gasteiger partial charge in [-0.2, -0.15) is 4.98 Å². The molecule has 5 nitrogen and oxygen atoms in total. The first-order chi connectivity index (χ1) is 8.20. The van der Waals surface area contributed by atoms with Crippen LogP contribution in [0.5, 0.6) is 5.19 Å². The highest BCUT2D eigenvalue weighted by Crippen LogP contribution is 2.30. The maximum atomic E-state index is 11.3. The molecule has 0 saturated carbocycles. The zero-order valence-corrected chi connectivity index (χ0v) is 10.8. The number of nitrogens with zero attached hydrogens (tertiary/aromatic N) is 1. The minimum Gasteiger partial charge on any atom is -0.466 e. The van der Waals surface area contributed by atoms with Crippen LogP contribution in [0, 0.1) is 0 Å². The minimum atomic E-state index is -0.491. The summed E-state index contributed by atoms with van der Waals surface area (Å²) >= 11 is 6.94. The van der Waals surface area contributed by atoms with Gasteiger partial charge in [-0.25, -0.2) is 4.79 Å². The topological polar surface area (TPSA) is 57.7 Å². The maximum Gasteiger partial charge on any atom is 0.351 e. The van der Waals surface area contributed by atoms with E-state index in [1.165, 1.54) is 7.11 Å². The second-order valence-corrected chi connectivity index (χ2v) is 4.84. The molecule has 0 aliphatic carbocycles. The van der Waals surface area contributed by atoms with Crippen LogP contribution >= 0.6 is 22.9 Å². The zero-order chi connectivity index (χ0) is 12.3. The average Bonchev–Trinajstić information content (AvgIpc) is 2.70. The van der Waals surface area contributed by atoms with E-state index in [9.17, 15) is 4.79 Å². The van der Waals surface area contributed by atoms with Crippen LogP contribution in [0.1, 0.15) is 22.5 Å². The quantitative estimate of drug-likeness (QED) is 0.792. The van der Waals surface area contributed by atoms with Crippen LogP contribution < -0.4 is 4.74 Å². The number of rotatable bonds is 3. The number of thiazole rings is 1. The molecule has 1 fully saturated rings. The summed E-state index contributed by atoms with van der Waals surface area (Å²) in [6.07, 6.45) is 1.73. The second kappa shape index (κ2) is 5.66. The van der Waals surface area contributed by atoms with Crippen molar-refractivity contribution in [3.8, 4) is 5.19 Å². The van der Waals surface area contributed by atoms with E-state index >= 15 is 0 Å². The fourth-order valence-corrected chi connectivity index (χ4v) is 2.60. The van der Waals surface area contributed by atoms with Gasteiger partial charge < -0.3 is 14.2 Å². The molecule has 1 aromatic heterocycles. The van der Waals surface area contributed by atoms with Gasteiger partial charge in [-0.1, -0.05) is 22.9 Å². The van der Waals surface area contributed by atoms with E-state index in [-0.39, 0.29) is 16.1 Å². The maximum absolute atomic E-state index is 11.3. The third-order valence-corrected chi connectivity index (χ3v) is 3.68. The predicted octanol–water partition coefficient (Wildman–Crippen LogP) is 2.14. The van der Waals surface area contributed by atoms with E-state index < -0.39 is 5.97 Å². The first kappa shape index (κ1) is 12.6. The highest BCUT2D eigenvalue weighted by atomic mass is 35.5. The number of ether oxygens (including phenoxy) is 3. The molecule has 0 atom stereocenters. The van der Waals surface area contributed by atoms with Crippen LogP contribution in [-0.4, -0.2) is 37.4 Å². The van der Waals surface area contributed by atoms with Gasteiger partial charge in [-0.15, -0.1) is 0 Å². The largest absolute Gasteiger partial charge is 0.466 e. The zero-order valence-electron chi connectivity index (χ0n) is 9.27. The number of carbonyl (C=O) groups is 1. The molecule has 0 spiro atoms. The van der Waals surface area contributed by atoms with E-state index in [0.29, 0.717) is 18.4 Å². The van der Waals surface area contributed by atoms with Crippen LogP contribution in [0.25, 0.3) is 0 Å². The lowest BCUT2D eigenvalue weighted by atomic mass is 10.2. The second-order valence-electron chi connectivity index (χ2n) is 3.52. The van der Waals surface area contributed by atoms with Crippen molar-refractivity contribution in [2.45, 2.75) is 18.9 Å². The Hall–Kier alpha value is -0.850. The third-order valence-electron chi connectivity index (χ3n) is 2.37. The van der Waals surface area contributed by atoms with Crippen LogP contribution in [-0.2, 0) is 9.47 Å². The van der Waals surface area contributed by atoms with Crippen molar-refractivity contribution in [3.63, 3.8) is 0 Å². The van der Waals surface area contributed by atoms with Crippen molar-refractivity contribution >= 4 is 28.9 Å². The van der Waals surface area contributed by atoms with Crippen LogP contribution in [0.15, 0.2) is 0 Å². The minimum absolute atomic E-state index is 0.0801. The Kier molecular flexibility index (Phi) is 4.20. The molecular formula is C10H12ClNO4S. The molecule has 2 heterocycles. The highest BCUT2D eigenvalue weighted by Gasteiger charge is 2.21. The van der Waals surface area contributed by atoms with Gasteiger partial charge in [0.25, 0.3) is 5.19 Å². The number of methoxy groups -OCH3 is 1. The Morgan fingerprint density at radius 2 is 2.24 bits per heavy atom. The van der Waals surface area contributed by atoms with E-state index in [2.05, 4.69) is 9.72 Å². The van der Waals surface area contributed by atoms with Gasteiger partial charge in [0.15, 0.2) is 10.0 Å². The summed E-state index contributed by atoms with van der Waals surface area (Å²) in [7, 11) is 1.30. The molecule has 0 amide bonds. The van der Waals surface area contributed by atoms with Crippen molar-refractivity contribution in [3.05, 3.63) is 10.0 Å². The lowest BCUT2D eigenvalue weighted by Crippen LogP contribution is -2.25. The number of esters is 1. The predicted molar refractivity (Wildman–Crippen MR) is 62.9 cm³/mol. The normalized spacial score (nSPS) is 16.8. The summed E-state index contributed by atoms with van der Waals surface area (Å²) in [5.74, 6) is -0.491. The van der Waals surface area contributed by atoms with E-state index in [0.717, 1.165) is 24.2 Å². The summed E-state index contributed by atoms with van der Waals surface area (Å²) in [4.78, 5) is 15.6. The van der Waals surface area contributed by atoms with E-state index in [1.54, 1.807) is 0 Å². The molecule has 7 heteroatoms. The van der Waals surface area contributed by atoms with Gasteiger partial charge in [0.1, 0.15) is 6.10 Å². The van der Waals surface area contributed by atoms with Crippen molar-refractivity contribution in [2.75, 3.05) is 20.3 Å². The highest BCUT2D eigenvalue weighted by molar-refractivity contribution is 7.15. The number of halogens is 1. The van der Waals surface area contributed by atoms with Gasteiger partial charge in [-0.05, 0) is 0 Å². The molecule has 0 radical (unpaired) electrons. The summed E-state index contributed by atoms with van der Waals surface area (Å²) in [6, 6.07) is 0. The molecule has 0 N–H and O–H groups in total. The fraction of sp³-hybridized carbons (Fsp3) is 0.600. The Balaban J connectivity index is 2.03. The standard InChI is InChI=1S/C10H12ClNO4S/c1-14-9(13)7-8(11)12-10(17-7)16-6-2-4-15-5-3-6/h6H,2-5H2,1H3. The Morgan fingerprint density at radius 3 is 2.88 bits per heavy atom. The molecule has 1 aliphatic heterocycles. The Labute approximate surface area is 108 Å². The average molecular weight is 278 g/mol. The number of hydrogen-bond donors (Lipinski definition) is 0. The summed E-state index contributed by atoms with van der Waals surface area (Å²) in [5.41, 5.74) is 0. The molecule has 1 saturated heterocycles. The molecule has 2 rings (SSSR count). The Morgan fingerprint density at radius 1 is 1.53 bits per heavy atom. The van der Waals surface area contributed by atoms with Crippen molar-refractivity contribution in [1.29, 1.82) is 0 Å². The van der Waals surface area contributed by atoms with E-state index in [4.69, 9.17) is 21.1 Å². The molecule has 0 bridgehead atoms. The number of hydrogen-bond acceptors (Lipinski definition) is 6. The Bertz CT molecular complexity index is 403. The smallest absolute Gasteiger partial charge is 0.351 e. The van der Waals surface area contributed by atoms with Gasteiger partial charge in [0.05, 0.1) is 20.3 Å². The molecule has 0 unspecified atom stereocenters. The lowest BCUT2D eigenvalue weighted by Gasteiger charge is -2.21. The molecular weight excluding hydrogens is 266 g/mol. The lowest BCUT2D eigenvalue weighted by molar-refractivity contribution is 0.0255.